The highest BCUT2D eigenvalue weighted by molar-refractivity contribution is 9.10. The SMILES string of the molecule is Nc1ccc(NS(=O)(=O)c2sccc2Br)c(C(F)(F)F)c1. The van der Waals surface area contributed by atoms with Crippen LogP contribution in [0.25, 0.3) is 0 Å². The molecular formula is C11H8BrF3N2O2S2. The number of anilines is 2. The topological polar surface area (TPSA) is 72.2 Å². The molecule has 114 valence electrons. The van der Waals surface area contributed by atoms with Gasteiger partial charge in [-0.05, 0) is 45.6 Å². The molecule has 2 rings (SSSR count). The number of alkyl halides is 3. The van der Waals surface area contributed by atoms with Crippen LogP contribution in [0.3, 0.4) is 0 Å². The third-order valence-corrected chi connectivity index (χ3v) is 6.46. The standard InChI is InChI=1S/C11H8BrF3N2O2S2/c12-8-3-4-20-10(8)21(18,19)17-9-2-1-6(16)5-7(9)11(13,14)15/h1-5,17H,16H2. The van der Waals surface area contributed by atoms with E-state index in [1.54, 1.807) is 0 Å². The van der Waals surface area contributed by atoms with Gasteiger partial charge in [0.15, 0.2) is 4.21 Å². The predicted octanol–water partition coefficient (Wildman–Crippen LogP) is 3.91. The summed E-state index contributed by atoms with van der Waals surface area (Å²) in [6.07, 6.45) is -4.72. The van der Waals surface area contributed by atoms with Crippen LogP contribution in [0.4, 0.5) is 24.5 Å². The third kappa shape index (κ3) is 3.50. The van der Waals surface area contributed by atoms with E-state index in [1.807, 2.05) is 4.72 Å². The van der Waals surface area contributed by atoms with Gasteiger partial charge in [0.05, 0.1) is 11.3 Å². The van der Waals surface area contributed by atoms with Crippen LogP contribution in [-0.2, 0) is 16.2 Å². The average molecular weight is 401 g/mol. The van der Waals surface area contributed by atoms with Crippen molar-refractivity contribution in [2.75, 3.05) is 10.5 Å². The van der Waals surface area contributed by atoms with Crippen LogP contribution in [0.2, 0.25) is 0 Å². The molecule has 0 radical (unpaired) electrons. The van der Waals surface area contributed by atoms with Gasteiger partial charge in [-0.1, -0.05) is 0 Å². The van der Waals surface area contributed by atoms with Crippen molar-refractivity contribution < 1.29 is 21.6 Å². The maximum absolute atomic E-state index is 12.9. The Bertz CT molecular complexity index is 772. The molecule has 1 aromatic heterocycles. The number of benzene rings is 1. The van der Waals surface area contributed by atoms with Crippen molar-refractivity contribution in [1.29, 1.82) is 0 Å². The lowest BCUT2D eigenvalue weighted by molar-refractivity contribution is -0.136. The first-order chi connectivity index (χ1) is 9.61. The Morgan fingerprint density at radius 3 is 2.43 bits per heavy atom. The van der Waals surface area contributed by atoms with E-state index < -0.39 is 27.5 Å². The molecular weight excluding hydrogens is 393 g/mol. The zero-order valence-electron chi connectivity index (χ0n) is 10.1. The van der Waals surface area contributed by atoms with Crippen LogP contribution < -0.4 is 10.5 Å². The maximum atomic E-state index is 12.9. The molecule has 0 spiro atoms. The van der Waals surface area contributed by atoms with E-state index >= 15 is 0 Å². The minimum absolute atomic E-state index is 0.104. The molecule has 0 aliphatic carbocycles. The van der Waals surface area contributed by atoms with Crippen molar-refractivity contribution in [2.24, 2.45) is 0 Å². The van der Waals surface area contributed by atoms with E-state index in [0.717, 1.165) is 17.4 Å². The number of nitrogen functional groups attached to an aromatic ring is 1. The molecule has 1 aromatic carbocycles. The van der Waals surface area contributed by atoms with Crippen molar-refractivity contribution in [3.05, 3.63) is 39.7 Å². The first kappa shape index (κ1) is 16.1. The van der Waals surface area contributed by atoms with Crippen molar-refractivity contribution >= 4 is 48.7 Å². The summed E-state index contributed by atoms with van der Waals surface area (Å²) in [6.45, 7) is 0. The molecule has 2 aromatic rings. The van der Waals surface area contributed by atoms with E-state index in [0.29, 0.717) is 6.07 Å². The fraction of sp³-hybridized carbons (Fsp3) is 0.0909. The quantitative estimate of drug-likeness (QED) is 0.767. The molecule has 10 heteroatoms. The fourth-order valence-corrected chi connectivity index (χ4v) is 4.97. The Balaban J connectivity index is 2.48. The number of rotatable bonds is 3. The number of sulfonamides is 1. The summed E-state index contributed by atoms with van der Waals surface area (Å²) in [5.41, 5.74) is 3.50. The van der Waals surface area contributed by atoms with Crippen LogP contribution in [0, 0.1) is 0 Å². The molecule has 21 heavy (non-hydrogen) atoms. The number of nitrogens with two attached hydrogens (primary N) is 1. The predicted molar refractivity (Wildman–Crippen MR) is 78.7 cm³/mol. The van der Waals surface area contributed by atoms with Gasteiger partial charge in [0.1, 0.15) is 0 Å². The highest BCUT2D eigenvalue weighted by atomic mass is 79.9. The van der Waals surface area contributed by atoms with Gasteiger partial charge in [0.25, 0.3) is 10.0 Å². The number of nitrogens with one attached hydrogen (secondary N) is 1. The Morgan fingerprint density at radius 2 is 1.90 bits per heavy atom. The first-order valence-corrected chi connectivity index (χ1v) is 8.49. The lowest BCUT2D eigenvalue weighted by Crippen LogP contribution is -2.17. The number of hydrogen-bond donors (Lipinski definition) is 2. The zero-order chi connectivity index (χ0) is 15.8. The smallest absolute Gasteiger partial charge is 0.399 e. The summed E-state index contributed by atoms with van der Waals surface area (Å²) in [5.74, 6) is 0. The monoisotopic (exact) mass is 400 g/mol. The number of hydrogen-bond acceptors (Lipinski definition) is 4. The Labute approximate surface area is 131 Å². The van der Waals surface area contributed by atoms with Gasteiger partial charge in [0, 0.05) is 10.2 Å². The largest absolute Gasteiger partial charge is 0.418 e. The normalized spacial score (nSPS) is 12.4. The van der Waals surface area contributed by atoms with Crippen LogP contribution >= 0.6 is 27.3 Å². The summed E-state index contributed by atoms with van der Waals surface area (Å²) in [5, 5.41) is 1.51. The summed E-state index contributed by atoms with van der Waals surface area (Å²) in [7, 11) is -4.12. The second-order valence-corrected chi connectivity index (χ2v) is 7.61. The summed E-state index contributed by atoms with van der Waals surface area (Å²) in [6, 6.07) is 4.35. The van der Waals surface area contributed by atoms with Gasteiger partial charge >= 0.3 is 6.18 Å². The second-order valence-electron chi connectivity index (χ2n) is 3.96. The first-order valence-electron chi connectivity index (χ1n) is 5.34. The molecule has 1 heterocycles. The van der Waals surface area contributed by atoms with E-state index in [1.165, 1.54) is 17.5 Å². The van der Waals surface area contributed by atoms with Crippen molar-refractivity contribution in [3.63, 3.8) is 0 Å². The van der Waals surface area contributed by atoms with Gasteiger partial charge < -0.3 is 5.73 Å². The van der Waals surface area contributed by atoms with Crippen molar-refractivity contribution in [3.8, 4) is 0 Å². The summed E-state index contributed by atoms with van der Waals surface area (Å²) >= 11 is 3.92. The maximum Gasteiger partial charge on any atom is 0.418 e. The van der Waals surface area contributed by atoms with Crippen LogP contribution in [-0.4, -0.2) is 8.42 Å². The van der Waals surface area contributed by atoms with E-state index in [9.17, 15) is 21.6 Å². The van der Waals surface area contributed by atoms with Gasteiger partial charge in [-0.2, -0.15) is 13.2 Å². The van der Waals surface area contributed by atoms with Crippen LogP contribution in [0.1, 0.15) is 5.56 Å². The molecule has 0 atom stereocenters. The minimum Gasteiger partial charge on any atom is -0.399 e. The average Bonchev–Trinajstić information content (AvgIpc) is 2.77. The molecule has 3 N–H and O–H groups in total. The van der Waals surface area contributed by atoms with Gasteiger partial charge in [-0.15, -0.1) is 11.3 Å². The molecule has 0 aliphatic heterocycles. The third-order valence-electron chi connectivity index (χ3n) is 2.42. The summed E-state index contributed by atoms with van der Waals surface area (Å²) in [4.78, 5) is 0. The van der Waals surface area contributed by atoms with Gasteiger partial charge in [0.2, 0.25) is 0 Å². The molecule has 0 unspecified atom stereocenters. The van der Waals surface area contributed by atoms with E-state index in [4.69, 9.17) is 5.73 Å². The molecule has 0 saturated carbocycles. The Hall–Kier alpha value is -1.26. The molecule has 0 amide bonds. The molecule has 0 fully saturated rings. The second kappa shape index (κ2) is 5.50. The molecule has 0 aliphatic rings. The zero-order valence-corrected chi connectivity index (χ0v) is 13.3. The number of thiophene rings is 1. The summed E-state index contributed by atoms with van der Waals surface area (Å²) < 4.78 is 65.1. The van der Waals surface area contributed by atoms with Crippen molar-refractivity contribution in [2.45, 2.75) is 10.4 Å². The van der Waals surface area contributed by atoms with Crippen LogP contribution in [0.15, 0.2) is 38.3 Å². The molecule has 4 nitrogen and oxygen atoms in total. The Morgan fingerprint density at radius 1 is 1.24 bits per heavy atom. The van der Waals surface area contributed by atoms with E-state index in [2.05, 4.69) is 15.9 Å². The highest BCUT2D eigenvalue weighted by Crippen LogP contribution is 2.38. The van der Waals surface area contributed by atoms with Gasteiger partial charge in [-0.3, -0.25) is 4.72 Å². The fourth-order valence-electron chi connectivity index (χ4n) is 1.55. The Kier molecular flexibility index (Phi) is 4.22. The molecule has 0 bridgehead atoms. The van der Waals surface area contributed by atoms with Crippen molar-refractivity contribution in [1.82, 2.24) is 0 Å². The van der Waals surface area contributed by atoms with Crippen LogP contribution in [0.5, 0.6) is 0 Å². The number of halogens is 4. The lowest BCUT2D eigenvalue weighted by Gasteiger charge is -2.15. The molecule has 0 saturated heterocycles. The van der Waals surface area contributed by atoms with E-state index in [-0.39, 0.29) is 14.4 Å². The highest BCUT2D eigenvalue weighted by Gasteiger charge is 2.35. The van der Waals surface area contributed by atoms with Gasteiger partial charge in [-0.25, -0.2) is 8.42 Å². The minimum atomic E-state index is -4.72. The lowest BCUT2D eigenvalue weighted by atomic mass is 10.1.